The Morgan fingerprint density at radius 1 is 1.47 bits per heavy atom. The average Bonchev–Trinajstić information content (AvgIpc) is 2.58. The number of fused-ring (bicyclic) bond motifs is 1. The van der Waals surface area contributed by atoms with Crippen molar-refractivity contribution in [2.75, 3.05) is 5.75 Å². The Labute approximate surface area is 114 Å². The summed E-state index contributed by atoms with van der Waals surface area (Å²) in [7, 11) is 0. The van der Waals surface area contributed by atoms with Gasteiger partial charge in [0.15, 0.2) is 0 Å². The first-order valence-corrected chi connectivity index (χ1v) is 7.78. The highest BCUT2D eigenvalue weighted by molar-refractivity contribution is 9.10. The minimum Gasteiger partial charge on any atom is -0.486 e. The Bertz CT molecular complexity index is 453. The third-order valence-corrected chi connectivity index (χ3v) is 5.51. The lowest BCUT2D eigenvalue weighted by Gasteiger charge is -2.38. The van der Waals surface area contributed by atoms with Crippen LogP contribution in [0.1, 0.15) is 31.4 Å². The summed E-state index contributed by atoms with van der Waals surface area (Å²) in [6.45, 7) is 2.27. The van der Waals surface area contributed by atoms with E-state index in [4.69, 9.17) is 10.5 Å². The molecule has 1 spiro atoms. The molecule has 0 aromatic heterocycles. The smallest absolute Gasteiger partial charge is 0.126 e. The molecule has 2 N–H and O–H groups in total. The maximum Gasteiger partial charge on any atom is 0.126 e. The van der Waals surface area contributed by atoms with Crippen molar-refractivity contribution in [1.29, 1.82) is 0 Å². The second-order valence-electron chi connectivity index (χ2n) is 5.10. The summed E-state index contributed by atoms with van der Waals surface area (Å²) in [5.41, 5.74) is 7.40. The monoisotopic (exact) mass is 313 g/mol. The van der Waals surface area contributed by atoms with E-state index in [9.17, 15) is 0 Å². The highest BCUT2D eigenvalue weighted by Gasteiger charge is 2.45. The van der Waals surface area contributed by atoms with Crippen LogP contribution in [0.25, 0.3) is 0 Å². The fourth-order valence-corrected chi connectivity index (χ4v) is 4.48. The van der Waals surface area contributed by atoms with Crippen molar-refractivity contribution in [3.05, 3.63) is 28.2 Å². The molecule has 3 rings (SSSR count). The third-order valence-electron chi connectivity index (χ3n) is 3.58. The van der Waals surface area contributed by atoms with Gasteiger partial charge in [0, 0.05) is 33.5 Å². The largest absolute Gasteiger partial charge is 0.486 e. The van der Waals surface area contributed by atoms with Gasteiger partial charge in [-0.1, -0.05) is 28.9 Å². The van der Waals surface area contributed by atoms with Gasteiger partial charge in [-0.15, -0.1) is 0 Å². The van der Waals surface area contributed by atoms with Gasteiger partial charge in [-0.3, -0.25) is 0 Å². The summed E-state index contributed by atoms with van der Waals surface area (Å²) in [5.74, 6) is 2.03. The van der Waals surface area contributed by atoms with E-state index >= 15 is 0 Å². The Morgan fingerprint density at radius 2 is 2.29 bits per heavy atom. The molecule has 1 fully saturated rings. The van der Waals surface area contributed by atoms with Crippen molar-refractivity contribution in [2.45, 2.75) is 36.7 Å². The SMILES string of the molecule is CC1CC2(CS1)CC(N)c1ccc(Br)cc1O2. The Hall–Kier alpha value is -0.190. The quantitative estimate of drug-likeness (QED) is 0.796. The summed E-state index contributed by atoms with van der Waals surface area (Å²) < 4.78 is 7.33. The maximum atomic E-state index is 6.29. The molecule has 2 aliphatic heterocycles. The number of halogens is 1. The van der Waals surface area contributed by atoms with E-state index in [0.29, 0.717) is 5.25 Å². The van der Waals surface area contributed by atoms with E-state index in [1.165, 1.54) is 0 Å². The molecule has 2 aliphatic rings. The minimum absolute atomic E-state index is 0.0305. The molecule has 2 nitrogen and oxygen atoms in total. The van der Waals surface area contributed by atoms with Gasteiger partial charge >= 0.3 is 0 Å². The number of thioether (sulfide) groups is 1. The summed E-state index contributed by atoms with van der Waals surface area (Å²) in [6, 6.07) is 6.26. The standard InChI is InChI=1S/C13H16BrNOS/c1-8-5-13(7-17-8)6-11(15)10-3-2-9(14)4-12(10)16-13/h2-4,8,11H,5-7,15H2,1H3. The molecule has 3 atom stereocenters. The number of benzene rings is 1. The molecule has 1 saturated heterocycles. The topological polar surface area (TPSA) is 35.2 Å². The minimum atomic E-state index is -0.0305. The first-order valence-electron chi connectivity index (χ1n) is 5.94. The molecule has 17 heavy (non-hydrogen) atoms. The molecule has 0 amide bonds. The molecule has 3 unspecified atom stereocenters. The van der Waals surface area contributed by atoms with Crippen molar-refractivity contribution in [1.82, 2.24) is 0 Å². The highest BCUT2D eigenvalue weighted by Crippen LogP contribution is 2.47. The summed E-state index contributed by atoms with van der Waals surface area (Å²) in [6.07, 6.45) is 2.05. The molecule has 0 aliphatic carbocycles. The fourth-order valence-electron chi connectivity index (χ4n) is 2.84. The Kier molecular flexibility index (Phi) is 2.92. The first-order chi connectivity index (χ1) is 8.08. The molecular formula is C13H16BrNOS. The van der Waals surface area contributed by atoms with Crippen LogP contribution in [0.4, 0.5) is 0 Å². The van der Waals surface area contributed by atoms with E-state index in [1.54, 1.807) is 0 Å². The van der Waals surface area contributed by atoms with Crippen molar-refractivity contribution in [2.24, 2.45) is 5.73 Å². The van der Waals surface area contributed by atoms with Gasteiger partial charge in [-0.2, -0.15) is 11.8 Å². The molecular weight excluding hydrogens is 298 g/mol. The zero-order valence-electron chi connectivity index (χ0n) is 9.78. The van der Waals surface area contributed by atoms with Crippen LogP contribution in [0.5, 0.6) is 5.75 Å². The number of rotatable bonds is 0. The van der Waals surface area contributed by atoms with Gasteiger partial charge in [0.05, 0.1) is 0 Å². The van der Waals surface area contributed by atoms with Crippen LogP contribution < -0.4 is 10.5 Å². The van der Waals surface area contributed by atoms with Gasteiger partial charge in [0.2, 0.25) is 0 Å². The van der Waals surface area contributed by atoms with Gasteiger partial charge in [-0.25, -0.2) is 0 Å². The predicted octanol–water partition coefficient (Wildman–Crippen LogP) is 3.50. The van der Waals surface area contributed by atoms with Crippen molar-refractivity contribution in [3.8, 4) is 5.75 Å². The number of ether oxygens (including phenoxy) is 1. The van der Waals surface area contributed by atoms with Crippen LogP contribution in [0.2, 0.25) is 0 Å². The summed E-state index contributed by atoms with van der Waals surface area (Å²) >= 11 is 5.48. The highest BCUT2D eigenvalue weighted by atomic mass is 79.9. The fraction of sp³-hybridized carbons (Fsp3) is 0.538. The van der Waals surface area contributed by atoms with E-state index in [0.717, 1.165) is 34.4 Å². The molecule has 1 aromatic carbocycles. The third kappa shape index (κ3) is 2.11. The lowest BCUT2D eigenvalue weighted by atomic mass is 9.86. The van der Waals surface area contributed by atoms with Crippen LogP contribution in [-0.2, 0) is 0 Å². The zero-order valence-corrected chi connectivity index (χ0v) is 12.2. The Morgan fingerprint density at radius 3 is 3.00 bits per heavy atom. The average molecular weight is 314 g/mol. The molecule has 2 heterocycles. The molecule has 0 saturated carbocycles. The van der Waals surface area contributed by atoms with Gasteiger partial charge in [-0.05, 0) is 18.6 Å². The Balaban J connectivity index is 1.97. The van der Waals surface area contributed by atoms with Crippen molar-refractivity contribution < 1.29 is 4.74 Å². The van der Waals surface area contributed by atoms with Crippen molar-refractivity contribution >= 4 is 27.7 Å². The lowest BCUT2D eigenvalue weighted by Crippen LogP contribution is -2.43. The van der Waals surface area contributed by atoms with E-state index in [-0.39, 0.29) is 11.6 Å². The lowest BCUT2D eigenvalue weighted by molar-refractivity contribution is 0.0575. The number of nitrogens with two attached hydrogens (primary N) is 1. The second kappa shape index (κ2) is 4.18. The number of hydrogen-bond acceptors (Lipinski definition) is 3. The predicted molar refractivity (Wildman–Crippen MR) is 75.6 cm³/mol. The molecule has 0 radical (unpaired) electrons. The zero-order chi connectivity index (χ0) is 12.0. The maximum absolute atomic E-state index is 6.29. The van der Waals surface area contributed by atoms with Crippen molar-refractivity contribution in [3.63, 3.8) is 0 Å². The van der Waals surface area contributed by atoms with Gasteiger partial charge in [0.25, 0.3) is 0 Å². The van der Waals surface area contributed by atoms with Crippen LogP contribution >= 0.6 is 27.7 Å². The van der Waals surface area contributed by atoms with Crippen LogP contribution in [0.3, 0.4) is 0 Å². The molecule has 1 aromatic rings. The van der Waals surface area contributed by atoms with Crippen LogP contribution in [0.15, 0.2) is 22.7 Å². The molecule has 92 valence electrons. The summed E-state index contributed by atoms with van der Waals surface area (Å²) in [4.78, 5) is 0. The normalized spacial score (nSPS) is 35.7. The van der Waals surface area contributed by atoms with Gasteiger partial charge < -0.3 is 10.5 Å². The van der Waals surface area contributed by atoms with E-state index in [2.05, 4.69) is 28.9 Å². The van der Waals surface area contributed by atoms with Crippen LogP contribution in [0, 0.1) is 0 Å². The molecule has 4 heteroatoms. The van der Waals surface area contributed by atoms with E-state index in [1.807, 2.05) is 23.9 Å². The first kappa shape index (κ1) is 11.9. The second-order valence-corrected chi connectivity index (χ2v) is 7.45. The van der Waals surface area contributed by atoms with E-state index < -0.39 is 0 Å². The van der Waals surface area contributed by atoms with Crippen LogP contribution in [-0.4, -0.2) is 16.6 Å². The van der Waals surface area contributed by atoms with Gasteiger partial charge in [0.1, 0.15) is 11.4 Å². The number of hydrogen-bond donors (Lipinski definition) is 1. The summed E-state index contributed by atoms with van der Waals surface area (Å²) in [5, 5.41) is 0.677. The molecule has 0 bridgehead atoms.